The number of rotatable bonds is 9. The standard InChI is InChI=1S/C27H29NO5/c1-2-14-32-19-9-7-8-18(15-19)26(30)25(29)16-28-27(31)33-17-24-22-12-5-3-10-20(22)21-11-4-6-13-23(21)24/h3-13,15,24-26,29-30H,2,14,16-17H2,1H3,(H,28,31). The van der Waals surface area contributed by atoms with E-state index in [2.05, 4.69) is 29.6 Å². The van der Waals surface area contributed by atoms with E-state index in [0.29, 0.717) is 17.9 Å². The third kappa shape index (κ3) is 5.18. The van der Waals surface area contributed by atoms with Crippen LogP contribution in [-0.4, -0.2) is 42.2 Å². The predicted molar refractivity (Wildman–Crippen MR) is 126 cm³/mol. The SMILES string of the molecule is CCCOc1cccc(C(O)C(O)CNC(=O)OCC2c3ccccc3-c3ccccc32)c1. The minimum absolute atomic E-state index is 0.0375. The number of ether oxygens (including phenoxy) is 2. The van der Waals surface area contributed by atoms with E-state index < -0.39 is 18.3 Å². The number of alkyl carbamates (subject to hydrolysis) is 1. The molecule has 0 saturated heterocycles. The largest absolute Gasteiger partial charge is 0.494 e. The molecule has 1 aliphatic carbocycles. The molecule has 0 radical (unpaired) electrons. The van der Waals surface area contributed by atoms with Crippen LogP contribution in [0.4, 0.5) is 4.79 Å². The molecule has 0 heterocycles. The molecule has 2 atom stereocenters. The van der Waals surface area contributed by atoms with Gasteiger partial charge >= 0.3 is 6.09 Å². The molecule has 1 amide bonds. The summed E-state index contributed by atoms with van der Waals surface area (Å²) in [5.74, 6) is 0.592. The molecule has 1 aliphatic rings. The van der Waals surface area contributed by atoms with Crippen molar-refractivity contribution < 1.29 is 24.5 Å². The highest BCUT2D eigenvalue weighted by Crippen LogP contribution is 2.44. The van der Waals surface area contributed by atoms with Gasteiger partial charge in [0.15, 0.2) is 0 Å². The van der Waals surface area contributed by atoms with Gasteiger partial charge in [-0.25, -0.2) is 4.79 Å². The van der Waals surface area contributed by atoms with Crippen LogP contribution in [0, 0.1) is 0 Å². The van der Waals surface area contributed by atoms with Crippen molar-refractivity contribution in [3.8, 4) is 16.9 Å². The predicted octanol–water partition coefficient (Wildman–Crippen LogP) is 4.41. The van der Waals surface area contributed by atoms with Gasteiger partial charge in [0.1, 0.15) is 24.6 Å². The fourth-order valence-electron chi connectivity index (χ4n) is 4.18. The van der Waals surface area contributed by atoms with Crippen molar-refractivity contribution in [1.82, 2.24) is 5.32 Å². The Balaban J connectivity index is 1.31. The molecule has 2 unspecified atom stereocenters. The second-order valence-electron chi connectivity index (χ2n) is 8.14. The van der Waals surface area contributed by atoms with E-state index in [9.17, 15) is 15.0 Å². The molecule has 6 nitrogen and oxygen atoms in total. The first-order chi connectivity index (χ1) is 16.1. The van der Waals surface area contributed by atoms with E-state index in [1.165, 1.54) is 0 Å². The van der Waals surface area contributed by atoms with Crippen LogP contribution in [0.15, 0.2) is 72.8 Å². The van der Waals surface area contributed by atoms with Gasteiger partial charge in [0.05, 0.1) is 6.61 Å². The summed E-state index contributed by atoms with van der Waals surface area (Å²) in [5, 5.41) is 23.4. The highest BCUT2D eigenvalue weighted by atomic mass is 16.5. The van der Waals surface area contributed by atoms with Crippen molar-refractivity contribution in [3.63, 3.8) is 0 Å². The number of carbonyl (C=O) groups is 1. The molecule has 6 heteroatoms. The first-order valence-corrected chi connectivity index (χ1v) is 11.3. The van der Waals surface area contributed by atoms with Gasteiger partial charge in [0, 0.05) is 12.5 Å². The Bertz CT molecular complexity index is 1050. The molecule has 3 aromatic rings. The van der Waals surface area contributed by atoms with Crippen LogP contribution >= 0.6 is 0 Å². The van der Waals surface area contributed by atoms with Gasteiger partial charge in [-0.2, -0.15) is 0 Å². The van der Waals surface area contributed by atoms with Gasteiger partial charge in [0.25, 0.3) is 0 Å². The lowest BCUT2D eigenvalue weighted by Gasteiger charge is -2.20. The monoisotopic (exact) mass is 447 g/mol. The lowest BCUT2D eigenvalue weighted by atomic mass is 9.98. The molecule has 0 bridgehead atoms. The lowest BCUT2D eigenvalue weighted by Crippen LogP contribution is -2.36. The van der Waals surface area contributed by atoms with Crippen molar-refractivity contribution in [2.24, 2.45) is 0 Å². The van der Waals surface area contributed by atoms with Crippen LogP contribution in [0.2, 0.25) is 0 Å². The Kier molecular flexibility index (Phi) is 7.27. The molecule has 0 spiro atoms. The number of aliphatic hydroxyl groups excluding tert-OH is 2. The van der Waals surface area contributed by atoms with E-state index in [0.717, 1.165) is 28.7 Å². The Morgan fingerprint density at radius 3 is 2.30 bits per heavy atom. The number of hydrogen-bond acceptors (Lipinski definition) is 5. The first-order valence-electron chi connectivity index (χ1n) is 11.3. The third-order valence-corrected chi connectivity index (χ3v) is 5.84. The van der Waals surface area contributed by atoms with Gasteiger partial charge in [-0.15, -0.1) is 0 Å². The molecule has 0 aliphatic heterocycles. The van der Waals surface area contributed by atoms with Crippen molar-refractivity contribution in [1.29, 1.82) is 0 Å². The Labute approximate surface area is 193 Å². The number of carbonyl (C=O) groups excluding carboxylic acids is 1. The maximum absolute atomic E-state index is 12.3. The zero-order valence-electron chi connectivity index (χ0n) is 18.6. The normalized spacial score (nSPS) is 14.2. The van der Waals surface area contributed by atoms with Gasteiger partial charge in [-0.3, -0.25) is 0 Å². The summed E-state index contributed by atoms with van der Waals surface area (Å²) in [4.78, 5) is 12.3. The minimum atomic E-state index is -1.19. The summed E-state index contributed by atoms with van der Waals surface area (Å²) >= 11 is 0. The Hall–Kier alpha value is -3.35. The number of amides is 1. The summed E-state index contributed by atoms with van der Waals surface area (Å²) in [6.45, 7) is 2.64. The average Bonchev–Trinajstić information content (AvgIpc) is 3.18. The quantitative estimate of drug-likeness (QED) is 0.452. The highest BCUT2D eigenvalue weighted by Gasteiger charge is 2.29. The molecular formula is C27H29NO5. The van der Waals surface area contributed by atoms with E-state index in [1.807, 2.05) is 31.2 Å². The van der Waals surface area contributed by atoms with Crippen LogP contribution in [0.5, 0.6) is 5.75 Å². The molecule has 4 rings (SSSR count). The number of hydrogen-bond donors (Lipinski definition) is 3. The summed E-state index contributed by atoms with van der Waals surface area (Å²) in [6, 6.07) is 23.2. The maximum Gasteiger partial charge on any atom is 0.407 e. The fraction of sp³-hybridized carbons (Fsp3) is 0.296. The van der Waals surface area contributed by atoms with Gasteiger partial charge in [0.2, 0.25) is 0 Å². The molecule has 33 heavy (non-hydrogen) atoms. The topological polar surface area (TPSA) is 88.0 Å². The summed E-state index contributed by atoms with van der Waals surface area (Å²) in [6.07, 6.45) is -2.11. The molecule has 0 aromatic heterocycles. The number of aliphatic hydroxyl groups is 2. The summed E-state index contributed by atoms with van der Waals surface area (Å²) in [7, 11) is 0. The van der Waals surface area contributed by atoms with Crippen LogP contribution in [0.3, 0.4) is 0 Å². The fourth-order valence-corrected chi connectivity index (χ4v) is 4.18. The van der Waals surface area contributed by atoms with Crippen molar-refractivity contribution in [2.75, 3.05) is 19.8 Å². The minimum Gasteiger partial charge on any atom is -0.494 e. The van der Waals surface area contributed by atoms with E-state index in [4.69, 9.17) is 9.47 Å². The molecule has 3 aromatic carbocycles. The van der Waals surface area contributed by atoms with Gasteiger partial charge in [-0.05, 0) is 46.4 Å². The van der Waals surface area contributed by atoms with Gasteiger partial charge in [-0.1, -0.05) is 67.6 Å². The number of fused-ring (bicyclic) bond motifs is 3. The molecular weight excluding hydrogens is 418 g/mol. The van der Waals surface area contributed by atoms with E-state index >= 15 is 0 Å². The summed E-state index contributed by atoms with van der Waals surface area (Å²) < 4.78 is 11.0. The van der Waals surface area contributed by atoms with Crippen molar-refractivity contribution in [3.05, 3.63) is 89.5 Å². The van der Waals surface area contributed by atoms with Crippen LogP contribution < -0.4 is 10.1 Å². The molecule has 172 valence electrons. The number of benzene rings is 3. The maximum atomic E-state index is 12.3. The Morgan fingerprint density at radius 2 is 1.64 bits per heavy atom. The number of nitrogens with one attached hydrogen (secondary N) is 1. The van der Waals surface area contributed by atoms with Gasteiger partial charge < -0.3 is 25.0 Å². The molecule has 3 N–H and O–H groups in total. The first kappa shape index (κ1) is 22.8. The van der Waals surface area contributed by atoms with E-state index in [-0.39, 0.29) is 19.1 Å². The van der Waals surface area contributed by atoms with Crippen LogP contribution in [0.25, 0.3) is 11.1 Å². The zero-order valence-corrected chi connectivity index (χ0v) is 18.6. The Morgan fingerprint density at radius 1 is 0.970 bits per heavy atom. The lowest BCUT2D eigenvalue weighted by molar-refractivity contribution is 0.0184. The van der Waals surface area contributed by atoms with Crippen molar-refractivity contribution >= 4 is 6.09 Å². The second-order valence-corrected chi connectivity index (χ2v) is 8.14. The smallest absolute Gasteiger partial charge is 0.407 e. The zero-order chi connectivity index (χ0) is 23.2. The second kappa shape index (κ2) is 10.5. The van der Waals surface area contributed by atoms with Crippen LogP contribution in [0.1, 0.15) is 42.1 Å². The van der Waals surface area contributed by atoms with E-state index in [1.54, 1.807) is 24.3 Å². The van der Waals surface area contributed by atoms with Crippen molar-refractivity contribution in [2.45, 2.75) is 31.5 Å². The molecule has 0 fully saturated rings. The third-order valence-electron chi connectivity index (χ3n) is 5.84. The average molecular weight is 448 g/mol. The molecule has 0 saturated carbocycles. The summed E-state index contributed by atoms with van der Waals surface area (Å²) in [5.41, 5.74) is 5.10. The highest BCUT2D eigenvalue weighted by molar-refractivity contribution is 5.79. The van der Waals surface area contributed by atoms with Crippen LogP contribution in [-0.2, 0) is 4.74 Å².